The smallest absolute Gasteiger partial charge is 0.240 e. The molecule has 6 nitrogen and oxygen atoms in total. The molecule has 0 aliphatic rings. The van der Waals surface area contributed by atoms with E-state index >= 15 is 0 Å². The molecule has 0 saturated carbocycles. The van der Waals surface area contributed by atoms with Gasteiger partial charge in [-0.15, -0.1) is 0 Å². The lowest BCUT2D eigenvalue weighted by Crippen LogP contribution is -2.26. The summed E-state index contributed by atoms with van der Waals surface area (Å²) in [6, 6.07) is 24.3. The Hall–Kier alpha value is -4.06. The molecule has 0 aliphatic carbocycles. The Kier molecular flexibility index (Phi) is 5.34. The number of para-hydroxylation sites is 2. The van der Waals surface area contributed by atoms with E-state index in [-0.39, 0.29) is 12.5 Å². The van der Waals surface area contributed by atoms with Gasteiger partial charge in [0.15, 0.2) is 0 Å². The fourth-order valence-corrected chi connectivity index (χ4v) is 3.95. The van der Waals surface area contributed by atoms with E-state index in [2.05, 4.69) is 45.2 Å². The largest absolute Gasteiger partial charge is 0.497 e. The van der Waals surface area contributed by atoms with Crippen LogP contribution in [0, 0.1) is 0 Å². The van der Waals surface area contributed by atoms with Crippen molar-refractivity contribution in [3.8, 4) is 5.75 Å². The van der Waals surface area contributed by atoms with Gasteiger partial charge in [-0.05, 0) is 47.5 Å². The van der Waals surface area contributed by atoms with Gasteiger partial charge in [0.2, 0.25) is 5.91 Å². The van der Waals surface area contributed by atoms with Crippen molar-refractivity contribution in [1.82, 2.24) is 19.4 Å². The monoisotopic (exact) mass is 424 g/mol. The highest BCUT2D eigenvalue weighted by Gasteiger charge is 2.08. The molecule has 1 amide bonds. The summed E-state index contributed by atoms with van der Waals surface area (Å²) in [6.07, 6.45) is 3.80. The second-order valence-electron chi connectivity index (χ2n) is 7.82. The maximum atomic E-state index is 12.5. The topological polar surface area (TPSA) is 61.1 Å². The van der Waals surface area contributed by atoms with Gasteiger partial charge in [-0.25, -0.2) is 4.98 Å². The zero-order valence-corrected chi connectivity index (χ0v) is 17.9. The third kappa shape index (κ3) is 4.07. The molecule has 160 valence electrons. The van der Waals surface area contributed by atoms with E-state index in [0.717, 1.165) is 39.8 Å². The van der Waals surface area contributed by atoms with Gasteiger partial charge in [0, 0.05) is 30.2 Å². The lowest BCUT2D eigenvalue weighted by atomic mass is 10.1. The van der Waals surface area contributed by atoms with Crippen molar-refractivity contribution >= 4 is 27.8 Å². The van der Waals surface area contributed by atoms with Crippen LogP contribution in [0.1, 0.15) is 11.1 Å². The van der Waals surface area contributed by atoms with E-state index in [4.69, 9.17) is 4.74 Å². The molecule has 0 saturated heterocycles. The Morgan fingerprint density at radius 3 is 2.59 bits per heavy atom. The average Bonchev–Trinajstić information content (AvgIpc) is 3.42. The first-order chi connectivity index (χ1) is 15.7. The highest BCUT2D eigenvalue weighted by atomic mass is 16.5. The third-order valence-electron chi connectivity index (χ3n) is 5.69. The number of hydrogen-bond donors (Lipinski definition) is 1. The van der Waals surface area contributed by atoms with Crippen LogP contribution < -0.4 is 10.1 Å². The summed E-state index contributed by atoms with van der Waals surface area (Å²) in [5, 5.41) is 4.07. The quantitative estimate of drug-likeness (QED) is 0.422. The second kappa shape index (κ2) is 8.59. The first kappa shape index (κ1) is 19.9. The maximum Gasteiger partial charge on any atom is 0.240 e. The summed E-state index contributed by atoms with van der Waals surface area (Å²) in [6.45, 7) is 1.54. The third-order valence-corrected chi connectivity index (χ3v) is 5.69. The van der Waals surface area contributed by atoms with Gasteiger partial charge in [-0.3, -0.25) is 4.79 Å². The summed E-state index contributed by atoms with van der Waals surface area (Å²) in [4.78, 5) is 16.9. The predicted octanol–water partition coefficient (Wildman–Crippen LogP) is 4.36. The SMILES string of the molecule is COc1ccc2c(ccn2CC(=O)NCc2ccc(Cn3cnc4ccccc43)cc2)c1. The molecule has 0 aliphatic heterocycles. The van der Waals surface area contributed by atoms with Crippen LogP contribution in [0.3, 0.4) is 0 Å². The normalized spacial score (nSPS) is 11.2. The number of carbonyl (C=O) groups excluding carboxylic acids is 1. The number of amides is 1. The minimum Gasteiger partial charge on any atom is -0.497 e. The number of benzene rings is 3. The predicted molar refractivity (Wildman–Crippen MR) is 126 cm³/mol. The first-order valence-electron chi connectivity index (χ1n) is 10.6. The van der Waals surface area contributed by atoms with Crippen LogP contribution >= 0.6 is 0 Å². The molecule has 0 atom stereocenters. The second-order valence-corrected chi connectivity index (χ2v) is 7.82. The van der Waals surface area contributed by atoms with E-state index in [0.29, 0.717) is 6.54 Å². The molecule has 5 aromatic rings. The van der Waals surface area contributed by atoms with Crippen molar-refractivity contribution in [2.75, 3.05) is 7.11 Å². The van der Waals surface area contributed by atoms with Crippen LogP contribution in [-0.2, 0) is 24.4 Å². The molecule has 3 aromatic carbocycles. The van der Waals surface area contributed by atoms with Crippen LogP contribution in [0.15, 0.2) is 85.3 Å². The number of rotatable bonds is 7. The number of nitrogens with one attached hydrogen (secondary N) is 1. The maximum absolute atomic E-state index is 12.5. The van der Waals surface area contributed by atoms with Crippen molar-refractivity contribution in [2.24, 2.45) is 0 Å². The number of methoxy groups -OCH3 is 1. The summed E-state index contributed by atoms with van der Waals surface area (Å²) in [7, 11) is 1.65. The molecule has 2 aromatic heterocycles. The summed E-state index contributed by atoms with van der Waals surface area (Å²) in [5.41, 5.74) is 5.40. The highest BCUT2D eigenvalue weighted by Crippen LogP contribution is 2.21. The number of fused-ring (bicyclic) bond motifs is 2. The Bertz CT molecular complexity index is 1380. The minimum atomic E-state index is -0.0210. The average molecular weight is 425 g/mol. The molecule has 0 bridgehead atoms. The zero-order chi connectivity index (χ0) is 21.9. The Morgan fingerprint density at radius 1 is 0.938 bits per heavy atom. The lowest BCUT2D eigenvalue weighted by Gasteiger charge is -2.09. The van der Waals surface area contributed by atoms with Gasteiger partial charge < -0.3 is 19.2 Å². The number of imidazole rings is 1. The van der Waals surface area contributed by atoms with Crippen LogP contribution in [0.2, 0.25) is 0 Å². The molecule has 32 heavy (non-hydrogen) atoms. The lowest BCUT2D eigenvalue weighted by molar-refractivity contribution is -0.121. The van der Waals surface area contributed by atoms with Gasteiger partial charge in [0.05, 0.1) is 24.5 Å². The molecule has 0 spiro atoms. The number of nitrogens with zero attached hydrogens (tertiary/aromatic N) is 3. The molecule has 6 heteroatoms. The zero-order valence-electron chi connectivity index (χ0n) is 17.9. The highest BCUT2D eigenvalue weighted by molar-refractivity contribution is 5.84. The Labute approximate surface area is 186 Å². The number of ether oxygens (including phenoxy) is 1. The molecule has 0 radical (unpaired) electrons. The molecular formula is C26H24N4O2. The van der Waals surface area contributed by atoms with E-state index in [1.807, 2.05) is 59.6 Å². The van der Waals surface area contributed by atoms with Gasteiger partial charge in [-0.2, -0.15) is 0 Å². The molecular weight excluding hydrogens is 400 g/mol. The van der Waals surface area contributed by atoms with Gasteiger partial charge in [0.1, 0.15) is 12.3 Å². The van der Waals surface area contributed by atoms with Gasteiger partial charge >= 0.3 is 0 Å². The van der Waals surface area contributed by atoms with Crippen LogP contribution in [-0.4, -0.2) is 27.1 Å². The van der Waals surface area contributed by atoms with E-state index < -0.39 is 0 Å². The summed E-state index contributed by atoms with van der Waals surface area (Å²) in [5.74, 6) is 0.789. The molecule has 2 heterocycles. The van der Waals surface area contributed by atoms with E-state index in [9.17, 15) is 4.79 Å². The van der Waals surface area contributed by atoms with Crippen molar-refractivity contribution in [3.05, 3.63) is 96.4 Å². The van der Waals surface area contributed by atoms with Crippen molar-refractivity contribution in [3.63, 3.8) is 0 Å². The standard InChI is InChI=1S/C26H24N4O2/c1-32-22-10-11-24-21(14-22)12-13-29(24)17-26(31)27-15-19-6-8-20(9-7-19)16-30-18-28-23-4-2-3-5-25(23)30/h2-14,18H,15-17H2,1H3,(H,27,31). The molecule has 1 N–H and O–H groups in total. The number of hydrogen-bond acceptors (Lipinski definition) is 3. The summed E-state index contributed by atoms with van der Waals surface area (Å²) < 4.78 is 9.35. The van der Waals surface area contributed by atoms with Crippen LogP contribution in [0.5, 0.6) is 5.75 Å². The molecule has 5 rings (SSSR count). The van der Waals surface area contributed by atoms with E-state index in [1.54, 1.807) is 7.11 Å². The van der Waals surface area contributed by atoms with E-state index in [1.165, 1.54) is 5.56 Å². The Balaban J connectivity index is 1.18. The van der Waals surface area contributed by atoms with Crippen LogP contribution in [0.4, 0.5) is 0 Å². The van der Waals surface area contributed by atoms with Crippen molar-refractivity contribution < 1.29 is 9.53 Å². The molecule has 0 unspecified atom stereocenters. The minimum absolute atomic E-state index is 0.0210. The fourth-order valence-electron chi connectivity index (χ4n) is 3.95. The first-order valence-corrected chi connectivity index (χ1v) is 10.6. The van der Waals surface area contributed by atoms with Gasteiger partial charge in [-0.1, -0.05) is 36.4 Å². The Morgan fingerprint density at radius 2 is 1.75 bits per heavy atom. The number of aromatic nitrogens is 3. The van der Waals surface area contributed by atoms with Gasteiger partial charge in [0.25, 0.3) is 0 Å². The molecule has 0 fully saturated rings. The number of carbonyl (C=O) groups is 1. The van der Waals surface area contributed by atoms with Crippen molar-refractivity contribution in [2.45, 2.75) is 19.6 Å². The van der Waals surface area contributed by atoms with Crippen molar-refractivity contribution in [1.29, 1.82) is 0 Å². The summed E-state index contributed by atoms with van der Waals surface area (Å²) >= 11 is 0. The van der Waals surface area contributed by atoms with Crippen LogP contribution in [0.25, 0.3) is 21.9 Å². The fraction of sp³-hybridized carbons (Fsp3) is 0.154.